The normalized spacial score (nSPS) is 25.4. The molecule has 1 aliphatic heterocycles. The second kappa shape index (κ2) is 4.34. The van der Waals surface area contributed by atoms with Gasteiger partial charge in [-0.05, 0) is 12.8 Å². The molecule has 0 atom stereocenters. The van der Waals surface area contributed by atoms with Gasteiger partial charge in [0.2, 0.25) is 0 Å². The molecule has 1 aliphatic carbocycles. The lowest BCUT2D eigenvalue weighted by atomic mass is 9.92. The van der Waals surface area contributed by atoms with Gasteiger partial charge in [0.25, 0.3) is 0 Å². The van der Waals surface area contributed by atoms with Gasteiger partial charge in [0.05, 0.1) is 13.2 Å². The number of ether oxygens (including phenoxy) is 3. The minimum atomic E-state index is -0.579. The SMILES string of the molecule is NNC(=O)OC1CCC2(CC1)OCCO2. The fraction of sp³-hybridized carbons (Fsp3) is 0.889. The maximum absolute atomic E-state index is 10.9. The van der Waals surface area contributed by atoms with Crippen LogP contribution in [0.25, 0.3) is 0 Å². The molecule has 6 nitrogen and oxygen atoms in total. The first-order chi connectivity index (χ1) is 7.24. The van der Waals surface area contributed by atoms with E-state index in [-0.39, 0.29) is 6.10 Å². The van der Waals surface area contributed by atoms with Gasteiger partial charge in [-0.3, -0.25) is 5.43 Å². The van der Waals surface area contributed by atoms with Crippen LogP contribution in [-0.4, -0.2) is 31.2 Å². The average Bonchev–Trinajstić information content (AvgIpc) is 2.70. The Labute approximate surface area is 88.0 Å². The number of carbonyl (C=O) groups excluding carboxylic acids is 1. The van der Waals surface area contributed by atoms with Gasteiger partial charge in [-0.2, -0.15) is 0 Å². The number of hydrazine groups is 1. The lowest BCUT2D eigenvalue weighted by Crippen LogP contribution is -2.40. The third-order valence-corrected chi connectivity index (χ3v) is 2.90. The van der Waals surface area contributed by atoms with Gasteiger partial charge in [-0.15, -0.1) is 0 Å². The maximum Gasteiger partial charge on any atom is 0.421 e. The molecule has 0 unspecified atom stereocenters. The van der Waals surface area contributed by atoms with Gasteiger partial charge in [-0.1, -0.05) is 0 Å². The van der Waals surface area contributed by atoms with Crippen LogP contribution in [0.3, 0.4) is 0 Å². The van der Waals surface area contributed by atoms with E-state index in [0.717, 1.165) is 25.7 Å². The number of amides is 1. The van der Waals surface area contributed by atoms with Gasteiger partial charge in [0.15, 0.2) is 5.79 Å². The van der Waals surface area contributed by atoms with Crippen molar-refractivity contribution in [3.05, 3.63) is 0 Å². The van der Waals surface area contributed by atoms with Crippen molar-refractivity contribution in [2.75, 3.05) is 13.2 Å². The quantitative estimate of drug-likeness (QED) is 0.373. The van der Waals surface area contributed by atoms with Crippen LogP contribution in [0.5, 0.6) is 0 Å². The molecule has 0 bridgehead atoms. The molecule has 1 heterocycles. The fourth-order valence-electron chi connectivity index (χ4n) is 2.12. The Bertz CT molecular complexity index is 230. The predicted octanol–water partition coefficient (Wildman–Crippen LogP) is 0.272. The van der Waals surface area contributed by atoms with Gasteiger partial charge >= 0.3 is 6.09 Å². The van der Waals surface area contributed by atoms with Crippen LogP contribution >= 0.6 is 0 Å². The van der Waals surface area contributed by atoms with Crippen LogP contribution in [0, 0.1) is 0 Å². The molecule has 6 heteroatoms. The molecule has 0 aromatic rings. The number of hydrogen-bond acceptors (Lipinski definition) is 5. The molecule has 86 valence electrons. The summed E-state index contributed by atoms with van der Waals surface area (Å²) in [5.41, 5.74) is 1.95. The fourth-order valence-corrected chi connectivity index (χ4v) is 2.12. The molecule has 3 N–H and O–H groups in total. The van der Waals surface area contributed by atoms with E-state index < -0.39 is 11.9 Å². The molecule has 1 amide bonds. The van der Waals surface area contributed by atoms with Crippen molar-refractivity contribution in [1.29, 1.82) is 0 Å². The Balaban J connectivity index is 1.79. The zero-order valence-corrected chi connectivity index (χ0v) is 8.53. The van der Waals surface area contributed by atoms with Crippen LogP contribution < -0.4 is 11.3 Å². The third-order valence-electron chi connectivity index (χ3n) is 2.90. The molecule has 2 fully saturated rings. The number of carbonyl (C=O) groups is 1. The predicted molar refractivity (Wildman–Crippen MR) is 50.7 cm³/mol. The zero-order valence-electron chi connectivity index (χ0n) is 8.53. The van der Waals surface area contributed by atoms with Crippen molar-refractivity contribution in [2.24, 2.45) is 5.84 Å². The molecule has 0 aromatic heterocycles. The van der Waals surface area contributed by atoms with Crippen molar-refractivity contribution in [2.45, 2.75) is 37.6 Å². The van der Waals surface area contributed by atoms with E-state index in [0.29, 0.717) is 13.2 Å². The molecule has 2 rings (SSSR count). The summed E-state index contributed by atoms with van der Waals surface area (Å²) in [5.74, 6) is 4.53. The van der Waals surface area contributed by atoms with Gasteiger partial charge in [-0.25, -0.2) is 10.6 Å². The standard InChI is InChI=1S/C9H16N2O4/c10-11-8(12)15-7-1-3-9(4-2-7)13-5-6-14-9/h7H,1-6,10H2,(H,11,12). The lowest BCUT2D eigenvalue weighted by Gasteiger charge is -2.34. The minimum Gasteiger partial charge on any atom is -0.445 e. The van der Waals surface area contributed by atoms with Crippen LogP contribution in [0.1, 0.15) is 25.7 Å². The Morgan fingerprint density at radius 1 is 1.33 bits per heavy atom. The van der Waals surface area contributed by atoms with E-state index in [1.807, 2.05) is 5.43 Å². The van der Waals surface area contributed by atoms with Gasteiger partial charge in [0.1, 0.15) is 6.10 Å². The molecule has 15 heavy (non-hydrogen) atoms. The Morgan fingerprint density at radius 2 is 1.93 bits per heavy atom. The number of hydrogen-bond donors (Lipinski definition) is 2. The van der Waals surface area contributed by atoms with Crippen molar-refractivity contribution < 1.29 is 19.0 Å². The van der Waals surface area contributed by atoms with Gasteiger partial charge in [0, 0.05) is 12.8 Å². The summed E-state index contributed by atoms with van der Waals surface area (Å²) in [6.45, 7) is 1.32. The molecule has 1 saturated carbocycles. The van der Waals surface area contributed by atoms with E-state index in [1.165, 1.54) is 0 Å². The van der Waals surface area contributed by atoms with Crippen molar-refractivity contribution >= 4 is 6.09 Å². The summed E-state index contributed by atoms with van der Waals surface area (Å²) in [7, 11) is 0. The van der Waals surface area contributed by atoms with Gasteiger partial charge < -0.3 is 14.2 Å². The molecular weight excluding hydrogens is 200 g/mol. The minimum absolute atomic E-state index is 0.0769. The van der Waals surface area contributed by atoms with Crippen molar-refractivity contribution in [3.63, 3.8) is 0 Å². The monoisotopic (exact) mass is 216 g/mol. The summed E-state index contributed by atoms with van der Waals surface area (Å²) in [4.78, 5) is 10.9. The third kappa shape index (κ3) is 2.39. The van der Waals surface area contributed by atoms with Crippen LogP contribution in [-0.2, 0) is 14.2 Å². The number of rotatable bonds is 1. The molecule has 2 aliphatic rings. The Morgan fingerprint density at radius 3 is 2.47 bits per heavy atom. The van der Waals surface area contributed by atoms with Crippen LogP contribution in [0.2, 0.25) is 0 Å². The van der Waals surface area contributed by atoms with E-state index >= 15 is 0 Å². The summed E-state index contributed by atoms with van der Waals surface area (Å²) in [5, 5.41) is 0. The average molecular weight is 216 g/mol. The Hall–Kier alpha value is -0.850. The Kier molecular flexibility index (Phi) is 3.08. The highest BCUT2D eigenvalue weighted by molar-refractivity contribution is 5.66. The highest BCUT2D eigenvalue weighted by Crippen LogP contribution is 2.36. The van der Waals surface area contributed by atoms with Crippen LogP contribution in [0.4, 0.5) is 4.79 Å². The summed E-state index contributed by atoms with van der Waals surface area (Å²) in [6, 6.07) is 0. The molecule has 1 spiro atoms. The molecule has 0 aromatic carbocycles. The van der Waals surface area contributed by atoms with E-state index in [1.54, 1.807) is 0 Å². The van der Waals surface area contributed by atoms with Crippen molar-refractivity contribution in [1.82, 2.24) is 5.43 Å². The van der Waals surface area contributed by atoms with E-state index in [9.17, 15) is 4.79 Å². The first-order valence-electron chi connectivity index (χ1n) is 5.19. The summed E-state index contributed by atoms with van der Waals surface area (Å²) < 4.78 is 16.2. The lowest BCUT2D eigenvalue weighted by molar-refractivity contribution is -0.187. The smallest absolute Gasteiger partial charge is 0.421 e. The zero-order chi connectivity index (χ0) is 10.7. The van der Waals surface area contributed by atoms with Crippen LogP contribution in [0.15, 0.2) is 0 Å². The molecule has 0 radical (unpaired) electrons. The summed E-state index contributed by atoms with van der Waals surface area (Å²) >= 11 is 0. The largest absolute Gasteiger partial charge is 0.445 e. The first kappa shape index (κ1) is 10.7. The highest BCUT2D eigenvalue weighted by atomic mass is 16.7. The first-order valence-corrected chi connectivity index (χ1v) is 5.19. The maximum atomic E-state index is 10.9. The number of nitrogens with one attached hydrogen (secondary N) is 1. The van der Waals surface area contributed by atoms with Crippen molar-refractivity contribution in [3.8, 4) is 0 Å². The number of nitrogens with two attached hydrogens (primary N) is 1. The highest BCUT2D eigenvalue weighted by Gasteiger charge is 2.41. The van der Waals surface area contributed by atoms with E-state index in [2.05, 4.69) is 0 Å². The van der Waals surface area contributed by atoms with E-state index in [4.69, 9.17) is 20.1 Å². The molecule has 1 saturated heterocycles. The topological polar surface area (TPSA) is 82.8 Å². The molecular formula is C9H16N2O4. The second-order valence-corrected chi connectivity index (χ2v) is 3.86. The summed E-state index contributed by atoms with van der Waals surface area (Å²) in [6.07, 6.45) is 2.41. The second-order valence-electron chi connectivity index (χ2n) is 3.86.